The zero-order chi connectivity index (χ0) is 38.6. The number of nitrogens with one attached hydrogen (secondary N) is 3. The van der Waals surface area contributed by atoms with Crippen molar-refractivity contribution in [1.82, 2.24) is 25.9 Å². The molecular formula is C41H67N5O6. The number of rotatable bonds is 17. The lowest BCUT2D eigenvalue weighted by Gasteiger charge is -2.50. The van der Waals surface area contributed by atoms with E-state index in [2.05, 4.69) is 42.8 Å². The zero-order valence-corrected chi connectivity index (χ0v) is 33.2. The van der Waals surface area contributed by atoms with Crippen LogP contribution in [0.15, 0.2) is 42.5 Å². The van der Waals surface area contributed by atoms with Crippen LogP contribution in [0.5, 0.6) is 0 Å². The fourth-order valence-corrected chi connectivity index (χ4v) is 7.81. The number of hydrogen-bond donors (Lipinski definition) is 4. The summed E-state index contributed by atoms with van der Waals surface area (Å²) in [5.74, 6) is -0.169. The van der Waals surface area contributed by atoms with Crippen molar-refractivity contribution >= 4 is 23.8 Å². The number of hydrogen-bond acceptors (Lipinski definition) is 7. The molecule has 0 radical (unpaired) electrons. The van der Waals surface area contributed by atoms with E-state index in [4.69, 9.17) is 4.74 Å². The second-order valence-electron chi connectivity index (χ2n) is 17.0. The summed E-state index contributed by atoms with van der Waals surface area (Å²) in [4.78, 5) is 55.5. The lowest BCUT2D eigenvalue weighted by atomic mass is 9.80. The minimum Gasteiger partial charge on any atom is -0.446 e. The van der Waals surface area contributed by atoms with Gasteiger partial charge in [0.15, 0.2) is 0 Å². The van der Waals surface area contributed by atoms with Crippen LogP contribution in [0, 0.1) is 17.8 Å². The van der Waals surface area contributed by atoms with Gasteiger partial charge in [-0.2, -0.15) is 5.06 Å². The standard InChI is InChI=1S/C41H67N5O6/c1-28(2)24-30(5)20-21-32(25-31-16-11-10-12-17-31)38(49)45-23-15-19-35(45)37(48)44-34(36(47)43-29(3)4)18-13-14-22-42-39(50)52-33-26-40(6,7)46(51)41(8,9)27-33/h10-12,16-17,20-21,28-30,32-35,51H,13-15,18-19,22-27H2,1-9H3,(H,42,50)(H,43,47)(H,44,48)/b21-20+/t30-,32-,34+,35+/m1/s1. The third-order valence-corrected chi connectivity index (χ3v) is 10.1. The Balaban J connectivity index is 1.60. The highest BCUT2D eigenvalue weighted by atomic mass is 16.6. The van der Waals surface area contributed by atoms with Crippen LogP contribution in [-0.4, -0.2) is 87.4 Å². The summed E-state index contributed by atoms with van der Waals surface area (Å²) in [5.41, 5.74) is 0.00618. The molecule has 3 rings (SSSR count). The fourth-order valence-electron chi connectivity index (χ4n) is 7.81. The molecule has 0 aromatic heterocycles. The Morgan fingerprint density at radius 3 is 2.21 bits per heavy atom. The second-order valence-corrected chi connectivity index (χ2v) is 17.0. The summed E-state index contributed by atoms with van der Waals surface area (Å²) in [6, 6.07) is 8.44. The van der Waals surface area contributed by atoms with E-state index in [1.807, 2.05) is 78.0 Å². The van der Waals surface area contributed by atoms with Crippen molar-refractivity contribution in [3.63, 3.8) is 0 Å². The number of amides is 4. The number of alkyl carbamates (subject to hydrolysis) is 1. The topological polar surface area (TPSA) is 140 Å². The van der Waals surface area contributed by atoms with Crippen LogP contribution in [0.25, 0.3) is 0 Å². The van der Waals surface area contributed by atoms with Crippen LogP contribution in [0.1, 0.15) is 119 Å². The van der Waals surface area contributed by atoms with Gasteiger partial charge in [-0.05, 0) is 104 Å². The molecule has 2 heterocycles. The Morgan fingerprint density at radius 2 is 1.60 bits per heavy atom. The first-order chi connectivity index (χ1) is 24.4. The molecule has 0 bridgehead atoms. The molecule has 52 heavy (non-hydrogen) atoms. The maximum Gasteiger partial charge on any atom is 0.407 e. The van der Waals surface area contributed by atoms with E-state index in [-0.39, 0.29) is 29.9 Å². The summed E-state index contributed by atoms with van der Waals surface area (Å²) < 4.78 is 5.71. The fraction of sp³-hybridized carbons (Fsp3) is 0.707. The molecule has 0 saturated carbocycles. The molecule has 11 nitrogen and oxygen atoms in total. The van der Waals surface area contributed by atoms with E-state index < -0.39 is 35.2 Å². The number of carbonyl (C=O) groups is 4. The van der Waals surface area contributed by atoms with Crippen molar-refractivity contribution in [1.29, 1.82) is 0 Å². The molecule has 11 heteroatoms. The molecule has 0 aliphatic carbocycles. The van der Waals surface area contributed by atoms with Gasteiger partial charge in [-0.3, -0.25) is 14.4 Å². The normalized spacial score (nSPS) is 20.8. The van der Waals surface area contributed by atoms with Crippen LogP contribution >= 0.6 is 0 Å². The van der Waals surface area contributed by atoms with Crippen molar-refractivity contribution in [3.8, 4) is 0 Å². The first-order valence-electron chi connectivity index (χ1n) is 19.5. The SMILES string of the molecule is CC(C)C[C@H](C)/C=C/[C@H](Cc1ccccc1)C(=O)N1CCC[C@H]1C(=O)N[C@@H](CCCCNC(=O)OC1CC(C)(C)N(O)C(C)(C)C1)C(=O)NC(C)C. The highest BCUT2D eigenvalue weighted by Gasteiger charge is 2.46. The predicted octanol–water partition coefficient (Wildman–Crippen LogP) is 6.39. The smallest absolute Gasteiger partial charge is 0.407 e. The second kappa shape index (κ2) is 19.6. The van der Waals surface area contributed by atoms with Crippen LogP contribution < -0.4 is 16.0 Å². The Morgan fingerprint density at radius 1 is 0.942 bits per heavy atom. The number of hydroxylamine groups is 2. The molecule has 292 valence electrons. The molecule has 1 aromatic carbocycles. The summed E-state index contributed by atoms with van der Waals surface area (Å²) in [6.07, 6.45) is 8.73. The average molecular weight is 726 g/mol. The monoisotopic (exact) mass is 726 g/mol. The van der Waals surface area contributed by atoms with Crippen molar-refractivity contribution in [2.75, 3.05) is 13.1 Å². The number of likely N-dealkylation sites (tertiary alicyclic amines) is 1. The molecule has 4 amide bonds. The highest BCUT2D eigenvalue weighted by molar-refractivity contribution is 5.93. The van der Waals surface area contributed by atoms with Crippen LogP contribution in [0.4, 0.5) is 4.79 Å². The van der Waals surface area contributed by atoms with Gasteiger partial charge in [-0.15, -0.1) is 0 Å². The van der Waals surface area contributed by atoms with Crippen molar-refractivity contribution in [2.24, 2.45) is 17.8 Å². The van der Waals surface area contributed by atoms with E-state index >= 15 is 0 Å². The van der Waals surface area contributed by atoms with E-state index in [0.29, 0.717) is 76.3 Å². The Bertz CT molecular complexity index is 1330. The van der Waals surface area contributed by atoms with Gasteiger partial charge in [0, 0.05) is 43.1 Å². The summed E-state index contributed by atoms with van der Waals surface area (Å²) in [7, 11) is 0. The van der Waals surface area contributed by atoms with Crippen molar-refractivity contribution < 1.29 is 29.1 Å². The molecular weight excluding hydrogens is 658 g/mol. The Labute approximate surface area is 312 Å². The number of ether oxygens (including phenoxy) is 1. The lowest BCUT2D eigenvalue weighted by molar-refractivity contribution is -0.256. The quantitative estimate of drug-likeness (QED) is 0.108. The zero-order valence-electron chi connectivity index (χ0n) is 33.2. The maximum atomic E-state index is 14.1. The van der Waals surface area contributed by atoms with Gasteiger partial charge in [0.25, 0.3) is 0 Å². The molecule has 4 N–H and O–H groups in total. The minimum atomic E-state index is -0.774. The molecule has 2 saturated heterocycles. The Kier molecular flexibility index (Phi) is 16.2. The van der Waals surface area contributed by atoms with Gasteiger partial charge in [-0.1, -0.05) is 63.3 Å². The third-order valence-electron chi connectivity index (χ3n) is 10.1. The number of allylic oxidation sites excluding steroid dienone is 1. The number of benzene rings is 1. The molecule has 2 aliphatic rings. The minimum absolute atomic E-state index is 0.0651. The van der Waals surface area contributed by atoms with E-state index in [9.17, 15) is 24.4 Å². The maximum absolute atomic E-state index is 14.1. The number of carbonyl (C=O) groups excluding carboxylic acids is 4. The average Bonchev–Trinajstić information content (AvgIpc) is 3.54. The molecule has 0 unspecified atom stereocenters. The van der Waals surface area contributed by atoms with Gasteiger partial charge in [0.05, 0.1) is 5.92 Å². The summed E-state index contributed by atoms with van der Waals surface area (Å²) in [6.45, 7) is 18.8. The molecule has 2 aliphatic heterocycles. The summed E-state index contributed by atoms with van der Waals surface area (Å²) in [5, 5.41) is 20.6. The predicted molar refractivity (Wildman–Crippen MR) is 204 cm³/mol. The number of unbranched alkanes of at least 4 members (excludes halogenated alkanes) is 1. The molecule has 4 atom stereocenters. The molecule has 0 spiro atoms. The molecule has 2 fully saturated rings. The Hall–Kier alpha value is -3.44. The highest BCUT2D eigenvalue weighted by Crippen LogP contribution is 2.38. The lowest BCUT2D eigenvalue weighted by Crippen LogP contribution is -2.60. The molecule has 1 aromatic rings. The van der Waals surface area contributed by atoms with E-state index in [1.54, 1.807) is 4.90 Å². The van der Waals surface area contributed by atoms with Gasteiger partial charge in [0.1, 0.15) is 18.2 Å². The van der Waals surface area contributed by atoms with Gasteiger partial charge < -0.3 is 30.8 Å². The largest absolute Gasteiger partial charge is 0.446 e. The van der Waals surface area contributed by atoms with Gasteiger partial charge in [-0.25, -0.2) is 4.79 Å². The van der Waals surface area contributed by atoms with Crippen molar-refractivity contribution in [2.45, 2.75) is 155 Å². The van der Waals surface area contributed by atoms with Gasteiger partial charge in [0.2, 0.25) is 17.7 Å². The first kappa shape index (κ1) is 43.0. The summed E-state index contributed by atoms with van der Waals surface area (Å²) >= 11 is 0. The van der Waals surface area contributed by atoms with Crippen LogP contribution in [-0.2, 0) is 25.5 Å². The van der Waals surface area contributed by atoms with Crippen molar-refractivity contribution in [3.05, 3.63) is 48.0 Å². The number of nitrogens with zero attached hydrogens (tertiary/aromatic N) is 2. The van der Waals surface area contributed by atoms with E-state index in [1.165, 1.54) is 5.06 Å². The first-order valence-corrected chi connectivity index (χ1v) is 19.5. The van der Waals surface area contributed by atoms with E-state index in [0.717, 1.165) is 12.0 Å². The third kappa shape index (κ3) is 13.2. The van der Waals surface area contributed by atoms with Crippen LogP contribution in [0.2, 0.25) is 0 Å². The van der Waals surface area contributed by atoms with Gasteiger partial charge >= 0.3 is 6.09 Å². The number of piperidine rings is 1. The van der Waals surface area contributed by atoms with Crippen LogP contribution in [0.3, 0.4) is 0 Å².